The summed E-state index contributed by atoms with van der Waals surface area (Å²) in [5.41, 5.74) is 3.86. The van der Waals surface area contributed by atoms with Crippen molar-refractivity contribution in [1.29, 1.82) is 0 Å². The third-order valence-corrected chi connectivity index (χ3v) is 4.61. The summed E-state index contributed by atoms with van der Waals surface area (Å²) in [7, 11) is 0. The molecule has 1 aliphatic rings. The van der Waals surface area contributed by atoms with Gasteiger partial charge in [-0.1, -0.05) is 25.0 Å². The first kappa shape index (κ1) is 15.9. The summed E-state index contributed by atoms with van der Waals surface area (Å²) in [5, 5.41) is 8.26. The van der Waals surface area contributed by atoms with Gasteiger partial charge < -0.3 is 15.6 Å². The fourth-order valence-corrected chi connectivity index (χ4v) is 3.38. The second-order valence-electron chi connectivity index (χ2n) is 6.50. The molecule has 0 saturated heterocycles. The third kappa shape index (κ3) is 4.06. The Balaban J connectivity index is 1.62. The first-order valence-electron chi connectivity index (χ1n) is 8.87. The van der Waals surface area contributed by atoms with E-state index < -0.39 is 0 Å². The molecule has 3 rings (SSSR count). The summed E-state index contributed by atoms with van der Waals surface area (Å²) in [6.45, 7) is 5.96. The number of nitrogens with zero attached hydrogens (tertiary/aromatic N) is 1. The van der Waals surface area contributed by atoms with E-state index in [1.54, 1.807) is 0 Å². The highest BCUT2D eigenvalue weighted by atomic mass is 15.2. The molecule has 1 heterocycles. The van der Waals surface area contributed by atoms with E-state index in [0.29, 0.717) is 6.04 Å². The molecule has 0 bridgehead atoms. The van der Waals surface area contributed by atoms with Crippen LogP contribution in [-0.4, -0.2) is 30.1 Å². The van der Waals surface area contributed by atoms with Crippen LogP contribution >= 0.6 is 0 Å². The van der Waals surface area contributed by atoms with Gasteiger partial charge in [-0.2, -0.15) is 0 Å². The molecule has 0 amide bonds. The van der Waals surface area contributed by atoms with Crippen LogP contribution in [0.15, 0.2) is 29.4 Å². The number of hydrogen-bond donors (Lipinski definition) is 3. The molecule has 1 fully saturated rings. The maximum atomic E-state index is 4.76. The van der Waals surface area contributed by atoms with Crippen molar-refractivity contribution in [3.63, 3.8) is 0 Å². The van der Waals surface area contributed by atoms with Crippen LogP contribution in [0.5, 0.6) is 0 Å². The van der Waals surface area contributed by atoms with Crippen LogP contribution in [0.25, 0.3) is 10.9 Å². The van der Waals surface area contributed by atoms with Crippen LogP contribution in [0.4, 0.5) is 0 Å². The van der Waals surface area contributed by atoms with Gasteiger partial charge in [-0.05, 0) is 50.3 Å². The Labute approximate surface area is 138 Å². The van der Waals surface area contributed by atoms with Gasteiger partial charge in [-0.15, -0.1) is 0 Å². The fourth-order valence-electron chi connectivity index (χ4n) is 3.38. The highest BCUT2D eigenvalue weighted by molar-refractivity contribution is 5.84. The zero-order chi connectivity index (χ0) is 16.1. The monoisotopic (exact) mass is 312 g/mol. The topological polar surface area (TPSA) is 52.2 Å². The minimum absolute atomic E-state index is 0.601. The third-order valence-electron chi connectivity index (χ3n) is 4.61. The second-order valence-corrected chi connectivity index (χ2v) is 6.50. The first-order valence-corrected chi connectivity index (χ1v) is 8.87. The minimum Gasteiger partial charge on any atom is -0.361 e. The number of H-pyrrole nitrogens is 1. The lowest BCUT2D eigenvalue weighted by Crippen LogP contribution is -2.42. The van der Waals surface area contributed by atoms with Crippen LogP contribution in [-0.2, 0) is 6.42 Å². The van der Waals surface area contributed by atoms with Crippen LogP contribution in [0.2, 0.25) is 0 Å². The normalized spacial score (nSPS) is 16.2. The molecule has 0 atom stereocenters. The summed E-state index contributed by atoms with van der Waals surface area (Å²) >= 11 is 0. The van der Waals surface area contributed by atoms with E-state index in [9.17, 15) is 0 Å². The predicted molar refractivity (Wildman–Crippen MR) is 98.1 cm³/mol. The number of rotatable bonds is 5. The molecule has 3 N–H and O–H groups in total. The first-order chi connectivity index (χ1) is 11.3. The Kier molecular flexibility index (Phi) is 5.21. The zero-order valence-corrected chi connectivity index (χ0v) is 14.3. The largest absolute Gasteiger partial charge is 0.361 e. The van der Waals surface area contributed by atoms with Gasteiger partial charge in [0, 0.05) is 36.2 Å². The summed E-state index contributed by atoms with van der Waals surface area (Å²) in [6.07, 6.45) is 8.30. The quantitative estimate of drug-likeness (QED) is 0.584. The van der Waals surface area contributed by atoms with Crippen molar-refractivity contribution < 1.29 is 0 Å². The molecule has 4 nitrogen and oxygen atoms in total. The summed E-state index contributed by atoms with van der Waals surface area (Å²) in [5.74, 6) is 0.968. The highest BCUT2D eigenvalue weighted by Crippen LogP contribution is 2.20. The predicted octanol–water partition coefficient (Wildman–Crippen LogP) is 3.52. The van der Waals surface area contributed by atoms with E-state index in [1.165, 1.54) is 47.7 Å². The summed E-state index contributed by atoms with van der Waals surface area (Å²) < 4.78 is 0. The molecule has 0 aliphatic heterocycles. The maximum Gasteiger partial charge on any atom is 0.191 e. The molecule has 1 aliphatic carbocycles. The molecule has 2 aromatic rings. The van der Waals surface area contributed by atoms with Gasteiger partial charge in [0.15, 0.2) is 5.96 Å². The number of guanidine groups is 1. The molecule has 23 heavy (non-hydrogen) atoms. The van der Waals surface area contributed by atoms with Gasteiger partial charge >= 0.3 is 0 Å². The van der Waals surface area contributed by atoms with E-state index in [1.807, 2.05) is 0 Å². The standard InChI is InChI=1S/C19H28N4/c1-3-20-19(23-16-6-4-5-7-16)21-11-10-15-13-22-18-12-14(2)8-9-17(15)18/h8-9,12-13,16,22H,3-7,10-11H2,1-2H3,(H2,20,21,23). The maximum absolute atomic E-state index is 4.76. The van der Waals surface area contributed by atoms with Gasteiger partial charge in [-0.25, -0.2) is 0 Å². The average molecular weight is 312 g/mol. The number of aromatic nitrogens is 1. The van der Waals surface area contributed by atoms with Crippen molar-refractivity contribution in [1.82, 2.24) is 15.6 Å². The van der Waals surface area contributed by atoms with E-state index in [-0.39, 0.29) is 0 Å². The van der Waals surface area contributed by atoms with Crippen molar-refractivity contribution in [2.75, 3.05) is 13.1 Å². The Hall–Kier alpha value is -1.97. The molecule has 1 aromatic heterocycles. The SMILES string of the molecule is CCNC(=NCCc1c[nH]c2cc(C)ccc12)NC1CCCC1. The van der Waals surface area contributed by atoms with E-state index in [4.69, 9.17) is 4.99 Å². The number of aromatic amines is 1. The van der Waals surface area contributed by atoms with Crippen LogP contribution in [0.3, 0.4) is 0 Å². The lowest BCUT2D eigenvalue weighted by molar-refractivity contribution is 0.614. The molecule has 1 aromatic carbocycles. The average Bonchev–Trinajstić information content (AvgIpc) is 3.17. The second kappa shape index (κ2) is 7.53. The Morgan fingerprint density at radius 1 is 1.30 bits per heavy atom. The highest BCUT2D eigenvalue weighted by Gasteiger charge is 2.15. The number of nitrogens with one attached hydrogen (secondary N) is 3. The van der Waals surface area contributed by atoms with Gasteiger partial charge in [0.25, 0.3) is 0 Å². The molecule has 4 heteroatoms. The van der Waals surface area contributed by atoms with Gasteiger partial charge in [-0.3, -0.25) is 4.99 Å². The van der Waals surface area contributed by atoms with Crippen LogP contribution in [0.1, 0.15) is 43.7 Å². The molecular weight excluding hydrogens is 284 g/mol. The fraction of sp³-hybridized carbons (Fsp3) is 0.526. The Morgan fingerprint density at radius 2 is 2.13 bits per heavy atom. The van der Waals surface area contributed by atoms with Gasteiger partial charge in [0.2, 0.25) is 0 Å². The van der Waals surface area contributed by atoms with Crippen molar-refractivity contribution in [2.24, 2.45) is 4.99 Å². The summed E-state index contributed by atoms with van der Waals surface area (Å²) in [4.78, 5) is 8.13. The Bertz CT molecular complexity index is 665. The van der Waals surface area contributed by atoms with Crippen molar-refractivity contribution in [3.05, 3.63) is 35.5 Å². The van der Waals surface area contributed by atoms with Crippen molar-refractivity contribution in [3.8, 4) is 0 Å². The number of aliphatic imine (C=N–C) groups is 1. The zero-order valence-electron chi connectivity index (χ0n) is 14.3. The van der Waals surface area contributed by atoms with E-state index in [2.05, 4.69) is 53.9 Å². The number of hydrogen-bond acceptors (Lipinski definition) is 1. The van der Waals surface area contributed by atoms with Crippen molar-refractivity contribution in [2.45, 2.75) is 52.0 Å². The Morgan fingerprint density at radius 3 is 2.91 bits per heavy atom. The molecule has 124 valence electrons. The lowest BCUT2D eigenvalue weighted by Gasteiger charge is -2.16. The minimum atomic E-state index is 0.601. The number of aryl methyl sites for hydroxylation is 1. The van der Waals surface area contributed by atoms with Gasteiger partial charge in [0.05, 0.1) is 0 Å². The molecular formula is C19H28N4. The number of benzene rings is 1. The van der Waals surface area contributed by atoms with E-state index >= 15 is 0 Å². The smallest absolute Gasteiger partial charge is 0.191 e. The molecule has 0 spiro atoms. The summed E-state index contributed by atoms with van der Waals surface area (Å²) in [6, 6.07) is 7.19. The molecule has 0 unspecified atom stereocenters. The van der Waals surface area contributed by atoms with Crippen LogP contribution < -0.4 is 10.6 Å². The lowest BCUT2D eigenvalue weighted by atomic mass is 10.1. The molecule has 0 radical (unpaired) electrons. The van der Waals surface area contributed by atoms with E-state index in [0.717, 1.165) is 25.5 Å². The number of fused-ring (bicyclic) bond motifs is 1. The van der Waals surface area contributed by atoms with Gasteiger partial charge in [0.1, 0.15) is 0 Å². The van der Waals surface area contributed by atoms with Crippen LogP contribution in [0, 0.1) is 6.92 Å². The van der Waals surface area contributed by atoms with Crippen molar-refractivity contribution >= 4 is 16.9 Å². The molecule has 1 saturated carbocycles.